The second-order valence-electron chi connectivity index (χ2n) is 1.90. The Morgan fingerprint density at radius 2 is 2.00 bits per heavy atom. The maximum Gasteiger partial charge on any atom is 0.256 e. The van der Waals surface area contributed by atoms with E-state index in [4.69, 9.17) is 0 Å². The summed E-state index contributed by atoms with van der Waals surface area (Å²) in [5.74, 6) is -0.700. The van der Waals surface area contributed by atoms with Crippen LogP contribution in [0.15, 0.2) is 25.0 Å². The Morgan fingerprint density at radius 1 is 1.45 bits per heavy atom. The van der Waals surface area contributed by atoms with Crippen LogP contribution in [0, 0.1) is 0 Å². The minimum atomic E-state index is -0.350. The van der Waals surface area contributed by atoms with Crippen molar-refractivity contribution in [3.05, 3.63) is 25.0 Å². The number of hydrogen-bond donors (Lipinski definition) is 0. The Hall–Kier alpha value is -1.58. The molecule has 0 aliphatic carbocycles. The molecule has 0 bridgehead atoms. The molecule has 0 saturated carbocycles. The molecule has 0 saturated heterocycles. The second kappa shape index (κ2) is 3.01. The molecule has 0 aromatic carbocycles. The van der Waals surface area contributed by atoms with E-state index < -0.39 is 0 Å². The van der Waals surface area contributed by atoms with Crippen LogP contribution in [0.1, 0.15) is 0 Å². The zero-order valence-corrected chi connectivity index (χ0v) is 5.82. The van der Waals surface area contributed by atoms with Crippen LogP contribution in [0.3, 0.4) is 0 Å². The van der Waals surface area contributed by atoms with Gasteiger partial charge in [-0.2, -0.15) is 0 Å². The van der Waals surface area contributed by atoms with Crippen molar-refractivity contribution < 1.29 is 14.3 Å². The average Bonchev–Trinajstić information content (AvgIpc) is 2.29. The Morgan fingerprint density at radius 3 is 2.45 bits per heavy atom. The van der Waals surface area contributed by atoms with Crippen LogP contribution >= 0.6 is 0 Å². The average molecular weight is 153 g/mol. The van der Waals surface area contributed by atoms with E-state index in [9.17, 15) is 9.59 Å². The predicted octanol–water partition coefficient (Wildman–Crippen LogP) is 0.0290. The first-order valence-electron chi connectivity index (χ1n) is 3.01. The fraction of sp³-hybridized carbons (Fsp3) is 0.143. The summed E-state index contributed by atoms with van der Waals surface area (Å²) in [5.41, 5.74) is 0. The number of carbonyl (C=O) groups excluding carboxylic acids is 2. The lowest BCUT2D eigenvalue weighted by molar-refractivity contribution is -0.141. The van der Waals surface area contributed by atoms with Gasteiger partial charge < -0.3 is 4.74 Å². The largest absolute Gasteiger partial charge is 0.481 e. The molecular formula is C7H7NO3. The Labute approximate surface area is 63.7 Å². The summed E-state index contributed by atoms with van der Waals surface area (Å²) in [6, 6.07) is 0. The van der Waals surface area contributed by atoms with Crippen LogP contribution in [0.2, 0.25) is 0 Å². The summed E-state index contributed by atoms with van der Waals surface area (Å²) in [4.78, 5) is 22.6. The number of ether oxygens (including phenoxy) is 1. The number of rotatable bonds is 3. The molecule has 11 heavy (non-hydrogen) atoms. The third-order valence-corrected chi connectivity index (χ3v) is 1.22. The van der Waals surface area contributed by atoms with Gasteiger partial charge in [0.2, 0.25) is 0 Å². The monoisotopic (exact) mass is 153 g/mol. The van der Waals surface area contributed by atoms with Gasteiger partial charge >= 0.3 is 0 Å². The van der Waals surface area contributed by atoms with Crippen LogP contribution < -0.4 is 0 Å². The molecule has 1 rings (SSSR count). The van der Waals surface area contributed by atoms with Crippen molar-refractivity contribution >= 4 is 11.8 Å². The van der Waals surface area contributed by atoms with Gasteiger partial charge in [-0.3, -0.25) is 9.59 Å². The number of imide groups is 1. The van der Waals surface area contributed by atoms with Gasteiger partial charge in [0.1, 0.15) is 0 Å². The van der Waals surface area contributed by atoms with Crippen LogP contribution in [-0.4, -0.2) is 23.4 Å². The molecule has 4 nitrogen and oxygen atoms in total. The van der Waals surface area contributed by atoms with Gasteiger partial charge in [0.05, 0.1) is 6.26 Å². The summed E-state index contributed by atoms with van der Waals surface area (Å²) >= 11 is 0. The van der Waals surface area contributed by atoms with Gasteiger partial charge in [0.25, 0.3) is 11.8 Å². The first-order chi connectivity index (χ1) is 5.25. The summed E-state index contributed by atoms with van der Waals surface area (Å²) in [7, 11) is 0. The van der Waals surface area contributed by atoms with Crippen molar-refractivity contribution in [3.8, 4) is 0 Å². The molecule has 0 atom stereocenters. The minimum Gasteiger partial charge on any atom is -0.481 e. The third-order valence-electron chi connectivity index (χ3n) is 1.22. The van der Waals surface area contributed by atoms with Crippen molar-refractivity contribution in [2.24, 2.45) is 0 Å². The van der Waals surface area contributed by atoms with E-state index in [-0.39, 0.29) is 18.5 Å². The predicted molar refractivity (Wildman–Crippen MR) is 37.1 cm³/mol. The van der Waals surface area contributed by atoms with E-state index in [1.807, 2.05) is 0 Å². The van der Waals surface area contributed by atoms with Crippen molar-refractivity contribution in [2.75, 3.05) is 6.73 Å². The molecule has 0 aromatic rings. The lowest BCUT2D eigenvalue weighted by atomic mass is 10.6. The smallest absolute Gasteiger partial charge is 0.256 e. The fourth-order valence-corrected chi connectivity index (χ4v) is 0.686. The lowest BCUT2D eigenvalue weighted by Gasteiger charge is -2.11. The maximum absolute atomic E-state index is 10.8. The van der Waals surface area contributed by atoms with Crippen LogP contribution in [0.5, 0.6) is 0 Å². The third kappa shape index (κ3) is 1.46. The van der Waals surface area contributed by atoms with Crippen LogP contribution in [0.4, 0.5) is 0 Å². The standard InChI is InChI=1S/C7H7NO3/c1-2-11-5-8-6(9)3-4-7(8)10/h2-4H,1,5H2. The van der Waals surface area contributed by atoms with Crippen LogP contribution in [-0.2, 0) is 14.3 Å². The molecule has 1 aliphatic rings. The quantitative estimate of drug-likeness (QED) is 0.424. The molecule has 1 heterocycles. The normalized spacial score (nSPS) is 15.8. The van der Waals surface area contributed by atoms with Gasteiger partial charge in [-0.25, -0.2) is 4.90 Å². The first-order valence-corrected chi connectivity index (χ1v) is 3.01. The van der Waals surface area contributed by atoms with E-state index >= 15 is 0 Å². The molecule has 4 heteroatoms. The molecule has 0 spiro atoms. The molecular weight excluding hydrogens is 146 g/mol. The second-order valence-corrected chi connectivity index (χ2v) is 1.90. The molecule has 1 aliphatic heterocycles. The van der Waals surface area contributed by atoms with Crippen molar-refractivity contribution in [2.45, 2.75) is 0 Å². The van der Waals surface area contributed by atoms with Crippen molar-refractivity contribution in [1.82, 2.24) is 4.90 Å². The molecule has 0 fully saturated rings. The first kappa shape index (κ1) is 7.53. The summed E-state index contributed by atoms with van der Waals surface area (Å²) in [5, 5.41) is 0. The highest BCUT2D eigenvalue weighted by molar-refractivity contribution is 6.12. The molecule has 0 unspecified atom stereocenters. The zero-order valence-electron chi connectivity index (χ0n) is 5.82. The number of amides is 2. The lowest BCUT2D eigenvalue weighted by Crippen LogP contribution is -2.31. The van der Waals surface area contributed by atoms with E-state index in [0.29, 0.717) is 0 Å². The molecule has 58 valence electrons. The van der Waals surface area contributed by atoms with E-state index in [1.165, 1.54) is 18.4 Å². The van der Waals surface area contributed by atoms with Gasteiger partial charge in [0.15, 0.2) is 6.73 Å². The molecule has 0 radical (unpaired) electrons. The van der Waals surface area contributed by atoms with Gasteiger partial charge in [-0.1, -0.05) is 6.58 Å². The fourth-order valence-electron chi connectivity index (χ4n) is 0.686. The number of nitrogens with zero attached hydrogens (tertiary/aromatic N) is 1. The van der Waals surface area contributed by atoms with Crippen molar-refractivity contribution in [3.63, 3.8) is 0 Å². The van der Waals surface area contributed by atoms with Crippen LogP contribution in [0.25, 0.3) is 0 Å². The van der Waals surface area contributed by atoms with E-state index in [2.05, 4.69) is 11.3 Å². The molecule has 2 amide bonds. The highest BCUT2D eigenvalue weighted by Crippen LogP contribution is 2.02. The summed E-state index contributed by atoms with van der Waals surface area (Å²) in [6.45, 7) is 3.22. The van der Waals surface area contributed by atoms with E-state index in [0.717, 1.165) is 4.90 Å². The van der Waals surface area contributed by atoms with Gasteiger partial charge in [-0.15, -0.1) is 0 Å². The Balaban J connectivity index is 2.52. The van der Waals surface area contributed by atoms with E-state index in [1.54, 1.807) is 0 Å². The Bertz CT molecular complexity index is 214. The number of hydrogen-bond acceptors (Lipinski definition) is 3. The van der Waals surface area contributed by atoms with Crippen molar-refractivity contribution in [1.29, 1.82) is 0 Å². The zero-order chi connectivity index (χ0) is 8.27. The number of carbonyl (C=O) groups is 2. The topological polar surface area (TPSA) is 46.6 Å². The van der Waals surface area contributed by atoms with Gasteiger partial charge in [-0.05, 0) is 0 Å². The highest BCUT2D eigenvalue weighted by Gasteiger charge is 2.22. The molecule has 0 N–H and O–H groups in total. The SMILES string of the molecule is C=COCN1C(=O)C=CC1=O. The minimum absolute atomic E-state index is 0.0613. The summed E-state index contributed by atoms with van der Waals surface area (Å²) < 4.78 is 4.67. The Kier molecular flexibility index (Phi) is 2.06. The summed E-state index contributed by atoms with van der Waals surface area (Å²) in [6.07, 6.45) is 3.59. The molecule has 0 aromatic heterocycles. The highest BCUT2D eigenvalue weighted by atomic mass is 16.5. The maximum atomic E-state index is 10.8. The van der Waals surface area contributed by atoms with Gasteiger partial charge in [0, 0.05) is 12.2 Å².